The first-order valence-electron chi connectivity index (χ1n) is 10.6. The highest BCUT2D eigenvalue weighted by atomic mass is 16.6. The van der Waals surface area contributed by atoms with Gasteiger partial charge in [-0.3, -0.25) is 0 Å². The van der Waals surface area contributed by atoms with Crippen LogP contribution in [0.1, 0.15) is 39.0 Å². The van der Waals surface area contributed by atoms with Crippen LogP contribution < -0.4 is 9.47 Å². The van der Waals surface area contributed by atoms with E-state index in [1.165, 1.54) is 0 Å². The van der Waals surface area contributed by atoms with Crippen LogP contribution in [0.5, 0.6) is 11.5 Å². The van der Waals surface area contributed by atoms with Gasteiger partial charge in [0.1, 0.15) is 17.6 Å². The van der Waals surface area contributed by atoms with Crippen LogP contribution in [-0.4, -0.2) is 51.5 Å². The smallest absolute Gasteiger partial charge is 0.367 e. The molecule has 0 aliphatic heterocycles. The van der Waals surface area contributed by atoms with Crippen molar-refractivity contribution in [2.45, 2.75) is 50.9 Å². The molecule has 1 unspecified atom stereocenters. The fourth-order valence-electron chi connectivity index (χ4n) is 3.57. The molecule has 0 heterocycles. The molecular weight excluding hydrogens is 400 g/mol. The maximum absolute atomic E-state index is 10.7. The molecular formula is C24H32O7. The Morgan fingerprint density at radius 2 is 2.03 bits per heavy atom. The van der Waals surface area contributed by atoms with Crippen LogP contribution in [0.4, 0.5) is 0 Å². The molecule has 2 rings (SSSR count). The lowest BCUT2D eigenvalue weighted by Gasteiger charge is -2.19. The number of ether oxygens (including phenoxy) is 2. The van der Waals surface area contributed by atoms with Gasteiger partial charge in [-0.25, -0.2) is 4.79 Å². The number of aliphatic carboxylic acids is 1. The lowest BCUT2D eigenvalue weighted by Crippen LogP contribution is -2.48. The molecule has 0 spiro atoms. The third kappa shape index (κ3) is 7.89. The summed E-state index contributed by atoms with van der Waals surface area (Å²) >= 11 is 0. The molecule has 1 saturated carbocycles. The van der Waals surface area contributed by atoms with Crippen LogP contribution in [0, 0.1) is 11.8 Å². The highest BCUT2D eigenvalue weighted by molar-refractivity contribution is 5.76. The zero-order valence-corrected chi connectivity index (χ0v) is 17.8. The minimum atomic E-state index is -3.22. The van der Waals surface area contributed by atoms with E-state index in [9.17, 15) is 20.1 Å². The summed E-state index contributed by atoms with van der Waals surface area (Å²) in [7, 11) is 0. The van der Waals surface area contributed by atoms with Gasteiger partial charge in [-0.05, 0) is 68.7 Å². The van der Waals surface area contributed by atoms with Crippen molar-refractivity contribution in [1.29, 1.82) is 0 Å². The van der Waals surface area contributed by atoms with Gasteiger partial charge in [0, 0.05) is 6.07 Å². The van der Waals surface area contributed by atoms with Crippen LogP contribution >= 0.6 is 0 Å². The van der Waals surface area contributed by atoms with E-state index in [1.807, 2.05) is 31.2 Å². The molecule has 7 heteroatoms. The topological polar surface area (TPSA) is 116 Å². The Morgan fingerprint density at radius 1 is 1.29 bits per heavy atom. The lowest BCUT2D eigenvalue weighted by atomic mass is 9.92. The molecule has 0 saturated heterocycles. The first kappa shape index (κ1) is 24.7. The minimum absolute atomic E-state index is 0.436. The van der Waals surface area contributed by atoms with Gasteiger partial charge in [0.2, 0.25) is 0 Å². The number of hydrogen-bond acceptors (Lipinski definition) is 6. The number of aliphatic hydroxyl groups is 3. The summed E-state index contributed by atoms with van der Waals surface area (Å²) in [6, 6.07) is 7.59. The van der Waals surface area contributed by atoms with E-state index in [0.717, 1.165) is 49.7 Å². The van der Waals surface area contributed by atoms with Crippen LogP contribution in [0.2, 0.25) is 0 Å². The van der Waals surface area contributed by atoms with Crippen molar-refractivity contribution < 1.29 is 34.7 Å². The van der Waals surface area contributed by atoms with Gasteiger partial charge in [0.05, 0.1) is 13.2 Å². The average molecular weight is 433 g/mol. The average Bonchev–Trinajstić information content (AvgIpc) is 3.18. The van der Waals surface area contributed by atoms with Crippen molar-refractivity contribution in [2.24, 2.45) is 11.8 Å². The maximum atomic E-state index is 10.7. The highest BCUT2D eigenvalue weighted by Crippen LogP contribution is 2.35. The monoisotopic (exact) mass is 432 g/mol. The summed E-state index contributed by atoms with van der Waals surface area (Å²) in [5.74, 6) is -2.67. The molecule has 0 aromatic heterocycles. The number of rotatable bonds is 12. The third-order valence-electron chi connectivity index (χ3n) is 5.29. The molecule has 1 aromatic carbocycles. The molecule has 4 N–H and O–H groups in total. The van der Waals surface area contributed by atoms with E-state index in [2.05, 4.69) is 17.9 Å². The Morgan fingerprint density at radius 3 is 2.74 bits per heavy atom. The summed E-state index contributed by atoms with van der Waals surface area (Å²) < 4.78 is 11.2. The van der Waals surface area contributed by atoms with Crippen molar-refractivity contribution in [3.63, 3.8) is 0 Å². The van der Waals surface area contributed by atoms with Crippen LogP contribution in [-0.2, 0) is 4.79 Å². The van der Waals surface area contributed by atoms with Gasteiger partial charge in [0.25, 0.3) is 5.79 Å². The molecule has 1 aliphatic rings. The van der Waals surface area contributed by atoms with E-state index in [-0.39, 0.29) is 0 Å². The van der Waals surface area contributed by atoms with E-state index < -0.39 is 17.9 Å². The number of carbonyl (C=O) groups is 1. The molecule has 0 bridgehead atoms. The quantitative estimate of drug-likeness (QED) is 0.174. The van der Waals surface area contributed by atoms with Crippen LogP contribution in [0.25, 0.3) is 0 Å². The van der Waals surface area contributed by atoms with Gasteiger partial charge < -0.3 is 29.9 Å². The second kappa shape index (κ2) is 12.3. The summed E-state index contributed by atoms with van der Waals surface area (Å²) in [5, 5.41) is 36.7. The maximum Gasteiger partial charge on any atom is 0.367 e. The van der Waals surface area contributed by atoms with Gasteiger partial charge in [0.15, 0.2) is 0 Å². The van der Waals surface area contributed by atoms with Gasteiger partial charge >= 0.3 is 5.97 Å². The number of benzene rings is 1. The SMILES string of the molecule is CCOc1cccc(OCC/C=C/[C@H]2CCC[C@@H]2CC=C=CC(O)C(O)(O)C(=O)O)c1. The van der Waals surface area contributed by atoms with Crippen molar-refractivity contribution >= 4 is 5.97 Å². The minimum Gasteiger partial charge on any atom is -0.494 e. The molecule has 0 amide bonds. The molecule has 31 heavy (non-hydrogen) atoms. The fraction of sp³-hybridized carbons (Fsp3) is 0.500. The van der Waals surface area contributed by atoms with Gasteiger partial charge in [-0.2, -0.15) is 0 Å². The highest BCUT2D eigenvalue weighted by Gasteiger charge is 2.40. The van der Waals surface area contributed by atoms with E-state index in [4.69, 9.17) is 14.6 Å². The summed E-state index contributed by atoms with van der Waals surface area (Å²) in [5.41, 5.74) is 2.66. The molecule has 170 valence electrons. The van der Waals surface area contributed by atoms with Crippen molar-refractivity contribution in [3.8, 4) is 11.5 Å². The Balaban J connectivity index is 1.76. The molecule has 7 nitrogen and oxygen atoms in total. The normalized spacial score (nSPS) is 19.6. The Labute approximate surface area is 182 Å². The first-order valence-corrected chi connectivity index (χ1v) is 10.6. The van der Waals surface area contributed by atoms with E-state index in [1.54, 1.807) is 6.08 Å². The summed E-state index contributed by atoms with van der Waals surface area (Å²) in [6.07, 6.45) is 9.90. The largest absolute Gasteiger partial charge is 0.494 e. The van der Waals surface area contributed by atoms with Crippen molar-refractivity contribution in [1.82, 2.24) is 0 Å². The van der Waals surface area contributed by atoms with Crippen LogP contribution in [0.3, 0.4) is 0 Å². The standard InChI is InChI=1S/C24H32O7/c1-2-30-20-13-8-14-21(17-20)31-16-6-5-10-19-12-7-11-18(19)9-3-4-15-22(25)24(28,29)23(26)27/h3,5,8,10,13-15,17-19,22,25,28-29H,2,6-7,9,11-12,16H2,1H3,(H,26,27)/b10-5+/t4?,18-,19-,22?/m0/s1. The van der Waals surface area contributed by atoms with Crippen molar-refractivity contribution in [3.05, 3.63) is 54.3 Å². The third-order valence-corrected chi connectivity index (χ3v) is 5.29. The number of hydrogen-bond donors (Lipinski definition) is 4. The van der Waals surface area contributed by atoms with Gasteiger partial charge in [-0.15, -0.1) is 5.73 Å². The number of carboxylic acid groups (broad SMARTS) is 1. The molecule has 1 aromatic rings. The van der Waals surface area contributed by atoms with Gasteiger partial charge in [-0.1, -0.05) is 24.6 Å². The zero-order chi connectivity index (χ0) is 22.7. The summed E-state index contributed by atoms with van der Waals surface area (Å²) in [6.45, 7) is 3.14. The number of carboxylic acids is 1. The Kier molecular flexibility index (Phi) is 9.82. The number of aliphatic hydroxyl groups excluding tert-OH is 1. The van der Waals surface area contributed by atoms with Crippen LogP contribution in [0.15, 0.2) is 54.3 Å². The predicted octanol–water partition coefficient (Wildman–Crippen LogP) is 3.05. The number of allylic oxidation sites excluding steroid dienone is 1. The fourth-order valence-corrected chi connectivity index (χ4v) is 3.57. The zero-order valence-electron chi connectivity index (χ0n) is 17.8. The second-order valence-corrected chi connectivity index (χ2v) is 7.58. The first-order chi connectivity index (χ1) is 14.8. The molecule has 3 atom stereocenters. The van der Waals surface area contributed by atoms with E-state index in [0.29, 0.717) is 25.0 Å². The molecule has 0 radical (unpaired) electrons. The predicted molar refractivity (Wildman–Crippen MR) is 116 cm³/mol. The van der Waals surface area contributed by atoms with E-state index >= 15 is 0 Å². The Hall–Kier alpha value is -2.57. The molecule has 1 fully saturated rings. The molecule has 1 aliphatic carbocycles. The summed E-state index contributed by atoms with van der Waals surface area (Å²) in [4.78, 5) is 10.7. The Bertz CT molecular complexity index is 793. The lowest BCUT2D eigenvalue weighted by molar-refractivity contribution is -0.227. The second-order valence-electron chi connectivity index (χ2n) is 7.58. The van der Waals surface area contributed by atoms with Crippen molar-refractivity contribution in [2.75, 3.05) is 13.2 Å².